The van der Waals surface area contributed by atoms with Crippen LogP contribution in [0.3, 0.4) is 0 Å². The van der Waals surface area contributed by atoms with Crippen molar-refractivity contribution in [3.05, 3.63) is 20.8 Å². The van der Waals surface area contributed by atoms with E-state index >= 15 is 0 Å². The van der Waals surface area contributed by atoms with Gasteiger partial charge in [0, 0.05) is 20.9 Å². The lowest BCUT2D eigenvalue weighted by Crippen LogP contribution is -2.60. The Bertz CT molecular complexity index is 418. The van der Waals surface area contributed by atoms with Crippen molar-refractivity contribution in [1.29, 1.82) is 0 Å². The van der Waals surface area contributed by atoms with E-state index in [9.17, 15) is 0 Å². The molecule has 0 radical (unpaired) electrons. The van der Waals surface area contributed by atoms with Gasteiger partial charge in [-0.25, -0.2) is 0 Å². The van der Waals surface area contributed by atoms with Crippen molar-refractivity contribution in [2.24, 2.45) is 11.7 Å². The lowest BCUT2D eigenvalue weighted by Gasteiger charge is -2.49. The third-order valence-electron chi connectivity index (χ3n) is 4.69. The van der Waals surface area contributed by atoms with E-state index in [0.29, 0.717) is 0 Å². The fraction of sp³-hybridized carbons (Fsp3) is 0.733. The highest BCUT2D eigenvalue weighted by Gasteiger charge is 2.42. The molecule has 0 spiro atoms. The number of hydrogen-bond acceptors (Lipinski definition) is 3. The summed E-state index contributed by atoms with van der Waals surface area (Å²) in [6, 6.07) is 2.33. The summed E-state index contributed by atoms with van der Waals surface area (Å²) in [5.41, 5.74) is 6.82. The normalized spacial score (nSPS) is 29.7. The van der Waals surface area contributed by atoms with Gasteiger partial charge in [0.25, 0.3) is 0 Å². The van der Waals surface area contributed by atoms with E-state index in [1.54, 1.807) is 0 Å². The summed E-state index contributed by atoms with van der Waals surface area (Å²) in [6.45, 7) is 2.37. The molecule has 1 aromatic rings. The molecular formula is C15H25BrN2S. The van der Waals surface area contributed by atoms with Crippen LogP contribution in [-0.4, -0.2) is 30.6 Å². The largest absolute Gasteiger partial charge is 0.326 e. The van der Waals surface area contributed by atoms with Crippen molar-refractivity contribution in [3.63, 3.8) is 0 Å². The summed E-state index contributed by atoms with van der Waals surface area (Å²) in [7, 11) is 4.39. The van der Waals surface area contributed by atoms with Crippen LogP contribution in [0.15, 0.2) is 15.9 Å². The zero-order valence-corrected chi connectivity index (χ0v) is 14.6. The van der Waals surface area contributed by atoms with Gasteiger partial charge in [-0.3, -0.25) is 0 Å². The number of likely N-dealkylation sites (N-methyl/N-ethyl adjacent to an activating group) is 1. The molecule has 2 N–H and O–H groups in total. The van der Waals surface area contributed by atoms with Crippen LogP contribution in [0.2, 0.25) is 0 Å². The predicted octanol–water partition coefficient (Wildman–Crippen LogP) is 3.89. The molecule has 0 bridgehead atoms. The van der Waals surface area contributed by atoms with Gasteiger partial charge < -0.3 is 10.6 Å². The van der Waals surface area contributed by atoms with Gasteiger partial charge in [0.2, 0.25) is 0 Å². The van der Waals surface area contributed by atoms with Gasteiger partial charge in [0.15, 0.2) is 0 Å². The van der Waals surface area contributed by atoms with Gasteiger partial charge in [-0.2, -0.15) is 0 Å². The van der Waals surface area contributed by atoms with Gasteiger partial charge in [-0.1, -0.05) is 19.8 Å². The Labute approximate surface area is 129 Å². The second-order valence-corrected chi connectivity index (χ2v) is 8.06. The van der Waals surface area contributed by atoms with Crippen molar-refractivity contribution in [2.45, 2.75) is 50.6 Å². The van der Waals surface area contributed by atoms with Crippen LogP contribution in [0.25, 0.3) is 0 Å². The summed E-state index contributed by atoms with van der Waals surface area (Å²) < 4.78 is 1.21. The van der Waals surface area contributed by atoms with Crippen LogP contribution in [0.1, 0.15) is 37.5 Å². The van der Waals surface area contributed by atoms with Gasteiger partial charge in [-0.15, -0.1) is 11.3 Å². The van der Waals surface area contributed by atoms with Crippen molar-refractivity contribution in [2.75, 3.05) is 14.1 Å². The third-order valence-corrected chi connectivity index (χ3v) is 6.63. The highest BCUT2D eigenvalue weighted by atomic mass is 79.9. The second kappa shape index (κ2) is 6.25. The Kier molecular flexibility index (Phi) is 5.09. The number of nitrogens with zero attached hydrogens (tertiary/aromatic N) is 1. The fourth-order valence-electron chi connectivity index (χ4n) is 3.50. The molecule has 108 valence electrons. The lowest BCUT2D eigenvalue weighted by molar-refractivity contribution is 0.0506. The molecule has 1 aromatic heterocycles. The third kappa shape index (κ3) is 3.23. The molecule has 0 aliphatic heterocycles. The molecule has 1 saturated carbocycles. The first-order valence-electron chi connectivity index (χ1n) is 7.10. The van der Waals surface area contributed by atoms with Crippen molar-refractivity contribution < 1.29 is 0 Å². The Morgan fingerprint density at radius 1 is 1.58 bits per heavy atom. The predicted molar refractivity (Wildman–Crippen MR) is 87.7 cm³/mol. The van der Waals surface area contributed by atoms with Crippen LogP contribution < -0.4 is 5.73 Å². The van der Waals surface area contributed by atoms with E-state index < -0.39 is 0 Å². The highest BCUT2D eigenvalue weighted by molar-refractivity contribution is 9.10. The summed E-state index contributed by atoms with van der Waals surface area (Å²) in [6.07, 6.45) is 6.09. The zero-order valence-electron chi connectivity index (χ0n) is 12.2. The van der Waals surface area contributed by atoms with Crippen LogP contribution >= 0.6 is 27.3 Å². The first-order chi connectivity index (χ1) is 8.95. The number of rotatable bonds is 4. The molecular weight excluding hydrogens is 320 g/mol. The van der Waals surface area contributed by atoms with Crippen molar-refractivity contribution >= 4 is 27.3 Å². The Morgan fingerprint density at radius 2 is 2.32 bits per heavy atom. The molecule has 4 heteroatoms. The molecule has 1 fully saturated rings. The topological polar surface area (TPSA) is 29.3 Å². The Hall–Kier alpha value is 0.1000. The van der Waals surface area contributed by atoms with Crippen LogP contribution in [-0.2, 0) is 6.42 Å². The summed E-state index contributed by atoms with van der Waals surface area (Å²) >= 11 is 5.43. The monoisotopic (exact) mass is 344 g/mol. The van der Waals surface area contributed by atoms with Gasteiger partial charge >= 0.3 is 0 Å². The first kappa shape index (κ1) is 15.5. The Balaban J connectivity index is 2.17. The van der Waals surface area contributed by atoms with Crippen LogP contribution in [0.5, 0.6) is 0 Å². The minimum absolute atomic E-state index is 0.168. The zero-order chi connectivity index (χ0) is 14.0. The SMILES string of the molecule is CC1CCCC(C(N)Cc2sccc2Br)(N(C)C)C1. The number of nitrogens with two attached hydrogens (primary N) is 1. The average Bonchev–Trinajstić information content (AvgIpc) is 2.74. The molecule has 1 aliphatic rings. The molecule has 2 nitrogen and oxygen atoms in total. The molecule has 1 aliphatic carbocycles. The molecule has 3 unspecified atom stereocenters. The van der Waals surface area contributed by atoms with E-state index in [0.717, 1.165) is 12.3 Å². The molecule has 2 rings (SSSR count). The van der Waals surface area contributed by atoms with E-state index in [1.165, 1.54) is 35.0 Å². The molecule has 0 saturated heterocycles. The van der Waals surface area contributed by atoms with Crippen molar-refractivity contribution in [3.8, 4) is 0 Å². The van der Waals surface area contributed by atoms with E-state index in [4.69, 9.17) is 5.73 Å². The van der Waals surface area contributed by atoms with Crippen LogP contribution in [0, 0.1) is 5.92 Å². The molecule has 19 heavy (non-hydrogen) atoms. The molecule has 3 atom stereocenters. The van der Waals surface area contributed by atoms with E-state index in [2.05, 4.69) is 53.3 Å². The molecule has 0 aromatic carbocycles. The smallest absolute Gasteiger partial charge is 0.0360 e. The Morgan fingerprint density at radius 3 is 2.84 bits per heavy atom. The minimum atomic E-state index is 0.168. The average molecular weight is 345 g/mol. The summed E-state index contributed by atoms with van der Waals surface area (Å²) in [5, 5.41) is 2.14. The fourth-order valence-corrected chi connectivity index (χ4v) is 5.07. The second-order valence-electron chi connectivity index (χ2n) is 6.20. The van der Waals surface area contributed by atoms with Gasteiger partial charge in [0.1, 0.15) is 0 Å². The number of thiophene rings is 1. The van der Waals surface area contributed by atoms with Gasteiger partial charge in [-0.05, 0) is 66.7 Å². The standard InChI is InChI=1S/C15H25BrN2S/c1-11-5-4-7-15(10-11,18(2)3)14(17)9-13-12(16)6-8-19-13/h6,8,11,14H,4-5,7,9-10,17H2,1-3H3. The quantitative estimate of drug-likeness (QED) is 0.897. The van der Waals surface area contributed by atoms with Crippen molar-refractivity contribution in [1.82, 2.24) is 4.90 Å². The maximum Gasteiger partial charge on any atom is 0.0360 e. The number of halogens is 1. The van der Waals surface area contributed by atoms with Crippen LogP contribution in [0.4, 0.5) is 0 Å². The van der Waals surface area contributed by atoms with E-state index in [-0.39, 0.29) is 11.6 Å². The molecule has 0 amide bonds. The summed E-state index contributed by atoms with van der Waals surface area (Å²) in [5.74, 6) is 0.786. The molecule has 1 heterocycles. The lowest BCUT2D eigenvalue weighted by atomic mass is 9.70. The van der Waals surface area contributed by atoms with Gasteiger partial charge in [0.05, 0.1) is 0 Å². The maximum atomic E-state index is 6.65. The first-order valence-corrected chi connectivity index (χ1v) is 8.78. The highest BCUT2D eigenvalue weighted by Crippen LogP contribution is 2.39. The minimum Gasteiger partial charge on any atom is -0.326 e. The van der Waals surface area contributed by atoms with E-state index in [1.807, 2.05) is 11.3 Å². The summed E-state index contributed by atoms with van der Waals surface area (Å²) in [4.78, 5) is 3.77. The number of hydrogen-bond donors (Lipinski definition) is 1. The maximum absolute atomic E-state index is 6.65.